The second-order valence-electron chi connectivity index (χ2n) is 10.1. The van der Waals surface area contributed by atoms with Crippen LogP contribution in [0, 0.1) is 17.3 Å². The summed E-state index contributed by atoms with van der Waals surface area (Å²) in [6.07, 6.45) is 3.09. The van der Waals surface area contributed by atoms with E-state index < -0.39 is 5.97 Å². The van der Waals surface area contributed by atoms with E-state index in [4.69, 9.17) is 18.8 Å². The third-order valence-electron chi connectivity index (χ3n) is 8.08. The number of hydrogen-bond donors (Lipinski definition) is 0. The molecule has 1 aromatic rings. The SMILES string of the molecule is COC(=O)c1cccc(C[C@@H](B2O[C@@H]3C[C@@H]4C[C@@H](C4(C)C)[C@]3(C)O2)N(C)C)c1OC. The zero-order chi connectivity index (χ0) is 21.8. The molecule has 5 rings (SSSR count). The monoisotopic (exact) mass is 415 g/mol. The van der Waals surface area contributed by atoms with E-state index in [9.17, 15) is 4.79 Å². The van der Waals surface area contributed by atoms with E-state index in [1.54, 1.807) is 13.2 Å². The quantitative estimate of drug-likeness (QED) is 0.525. The van der Waals surface area contributed by atoms with E-state index in [0.717, 1.165) is 17.9 Å². The molecule has 6 nitrogen and oxygen atoms in total. The second kappa shape index (κ2) is 7.54. The first-order valence-corrected chi connectivity index (χ1v) is 10.9. The molecule has 0 aromatic heterocycles. The first-order valence-electron chi connectivity index (χ1n) is 10.9. The number of hydrogen-bond acceptors (Lipinski definition) is 6. The zero-order valence-corrected chi connectivity index (χ0v) is 19.2. The van der Waals surface area contributed by atoms with Gasteiger partial charge < -0.3 is 23.7 Å². The molecule has 3 saturated carbocycles. The predicted molar refractivity (Wildman–Crippen MR) is 116 cm³/mol. The molecular formula is C23H34BNO5. The lowest BCUT2D eigenvalue weighted by Crippen LogP contribution is -2.65. The van der Waals surface area contributed by atoms with Crippen LogP contribution in [0.1, 0.15) is 49.5 Å². The van der Waals surface area contributed by atoms with Gasteiger partial charge in [-0.15, -0.1) is 0 Å². The van der Waals surface area contributed by atoms with Gasteiger partial charge in [-0.25, -0.2) is 4.79 Å². The summed E-state index contributed by atoms with van der Waals surface area (Å²) >= 11 is 0. The molecule has 30 heavy (non-hydrogen) atoms. The Bertz CT molecular complexity index is 828. The molecule has 0 spiro atoms. The number of nitrogens with zero attached hydrogens (tertiary/aromatic N) is 1. The highest BCUT2D eigenvalue weighted by Gasteiger charge is 2.68. The fourth-order valence-electron chi connectivity index (χ4n) is 6.07. The average Bonchev–Trinajstić information content (AvgIpc) is 3.07. The standard InChI is InChI=1S/C23H34BNO5/c1-22(2)15-12-17(22)23(3)18(13-15)29-24(30-23)19(25(4)5)11-14-9-8-10-16(20(14)27-6)21(26)28-7/h8-10,15,17-19H,11-13H2,1-7H3/t15-,17-,18+,19-,23-/m0/s1. The first-order chi connectivity index (χ1) is 14.1. The summed E-state index contributed by atoms with van der Waals surface area (Å²) in [4.78, 5) is 14.3. The second-order valence-corrected chi connectivity index (χ2v) is 10.1. The van der Waals surface area contributed by atoms with Crippen molar-refractivity contribution in [2.24, 2.45) is 17.3 Å². The van der Waals surface area contributed by atoms with E-state index in [1.165, 1.54) is 13.5 Å². The number of methoxy groups -OCH3 is 2. The number of para-hydroxylation sites is 1. The molecule has 164 valence electrons. The van der Waals surface area contributed by atoms with Gasteiger partial charge in [-0.3, -0.25) is 0 Å². The van der Waals surface area contributed by atoms with Crippen molar-refractivity contribution in [1.29, 1.82) is 0 Å². The number of benzene rings is 1. The molecule has 7 heteroatoms. The Morgan fingerprint density at radius 3 is 2.60 bits per heavy atom. The Labute approximate surface area is 180 Å². The average molecular weight is 415 g/mol. The van der Waals surface area contributed by atoms with E-state index >= 15 is 0 Å². The van der Waals surface area contributed by atoms with E-state index in [2.05, 4.69) is 25.7 Å². The van der Waals surface area contributed by atoms with Crippen LogP contribution < -0.4 is 4.74 Å². The van der Waals surface area contributed by atoms with Crippen molar-refractivity contribution in [3.8, 4) is 5.75 Å². The molecule has 1 heterocycles. The van der Waals surface area contributed by atoms with Crippen LogP contribution in [0.4, 0.5) is 0 Å². The summed E-state index contributed by atoms with van der Waals surface area (Å²) < 4.78 is 23.8. The van der Waals surface area contributed by atoms with Crippen molar-refractivity contribution in [2.75, 3.05) is 28.3 Å². The van der Waals surface area contributed by atoms with Gasteiger partial charge in [0.05, 0.1) is 25.9 Å². The maximum Gasteiger partial charge on any atom is 0.476 e. The Morgan fingerprint density at radius 1 is 1.27 bits per heavy atom. The molecule has 0 N–H and O–H groups in total. The van der Waals surface area contributed by atoms with Crippen molar-refractivity contribution in [3.63, 3.8) is 0 Å². The zero-order valence-electron chi connectivity index (χ0n) is 19.2. The van der Waals surface area contributed by atoms with Crippen molar-refractivity contribution in [3.05, 3.63) is 29.3 Å². The smallest absolute Gasteiger partial charge is 0.476 e. The van der Waals surface area contributed by atoms with Crippen LogP contribution in [0.5, 0.6) is 5.75 Å². The highest BCUT2D eigenvalue weighted by Crippen LogP contribution is 2.65. The van der Waals surface area contributed by atoms with Crippen LogP contribution in [-0.4, -0.2) is 63.9 Å². The van der Waals surface area contributed by atoms with Crippen molar-refractivity contribution >= 4 is 13.1 Å². The summed E-state index contributed by atoms with van der Waals surface area (Å²) in [5.41, 5.74) is 1.45. The van der Waals surface area contributed by atoms with Gasteiger partial charge in [-0.2, -0.15) is 0 Å². The third-order valence-corrected chi connectivity index (χ3v) is 8.08. The van der Waals surface area contributed by atoms with E-state index in [-0.39, 0.29) is 24.8 Å². The highest BCUT2D eigenvalue weighted by molar-refractivity contribution is 6.47. The van der Waals surface area contributed by atoms with Crippen LogP contribution in [0.25, 0.3) is 0 Å². The van der Waals surface area contributed by atoms with Gasteiger partial charge >= 0.3 is 13.1 Å². The summed E-state index contributed by atoms with van der Waals surface area (Å²) in [7, 11) is 6.73. The molecule has 2 bridgehead atoms. The summed E-state index contributed by atoms with van der Waals surface area (Å²) in [5.74, 6) is 1.40. The van der Waals surface area contributed by atoms with Crippen molar-refractivity contribution in [1.82, 2.24) is 4.90 Å². The van der Waals surface area contributed by atoms with Crippen LogP contribution in [0.15, 0.2) is 18.2 Å². The molecule has 1 saturated heterocycles. The molecule has 4 aliphatic rings. The van der Waals surface area contributed by atoms with Gasteiger partial charge in [0.25, 0.3) is 0 Å². The van der Waals surface area contributed by atoms with Crippen molar-refractivity contribution in [2.45, 2.75) is 57.7 Å². The first kappa shape index (κ1) is 21.7. The lowest BCUT2D eigenvalue weighted by Gasteiger charge is -2.64. The molecule has 1 aliphatic heterocycles. The lowest BCUT2D eigenvalue weighted by molar-refractivity contribution is -0.199. The molecule has 0 radical (unpaired) electrons. The highest BCUT2D eigenvalue weighted by atomic mass is 16.7. The largest absolute Gasteiger partial charge is 0.496 e. The van der Waals surface area contributed by atoms with E-state index in [0.29, 0.717) is 29.1 Å². The Hall–Kier alpha value is -1.57. The van der Waals surface area contributed by atoms with Crippen molar-refractivity contribution < 1.29 is 23.6 Å². The van der Waals surface area contributed by atoms with Crippen LogP contribution in [0.3, 0.4) is 0 Å². The molecular weight excluding hydrogens is 381 g/mol. The number of esters is 1. The molecule has 1 aromatic carbocycles. The van der Waals surface area contributed by atoms with E-state index in [1.807, 2.05) is 26.2 Å². The maximum absolute atomic E-state index is 12.2. The molecule has 4 fully saturated rings. The number of carbonyl (C=O) groups excluding carboxylic acids is 1. The third kappa shape index (κ3) is 3.17. The van der Waals surface area contributed by atoms with Gasteiger partial charge in [0.1, 0.15) is 11.3 Å². The molecule has 0 unspecified atom stereocenters. The number of rotatable bonds is 6. The Balaban J connectivity index is 1.59. The Kier molecular flexibility index (Phi) is 5.44. The predicted octanol–water partition coefficient (Wildman–Crippen LogP) is 3.22. The van der Waals surface area contributed by atoms with Gasteiger partial charge in [-0.05, 0) is 69.2 Å². The summed E-state index contributed by atoms with van der Waals surface area (Å²) in [6, 6.07) is 5.59. The van der Waals surface area contributed by atoms with Gasteiger partial charge in [0.2, 0.25) is 0 Å². The number of ether oxygens (including phenoxy) is 2. The van der Waals surface area contributed by atoms with Gasteiger partial charge in [-0.1, -0.05) is 26.0 Å². The number of likely N-dealkylation sites (N-methyl/N-ethyl adjacent to an activating group) is 1. The van der Waals surface area contributed by atoms with Crippen LogP contribution >= 0.6 is 0 Å². The molecule has 5 atom stereocenters. The maximum atomic E-state index is 12.2. The minimum atomic E-state index is -0.399. The lowest BCUT2D eigenvalue weighted by atomic mass is 9.43. The summed E-state index contributed by atoms with van der Waals surface area (Å²) in [6.45, 7) is 6.98. The minimum Gasteiger partial charge on any atom is -0.496 e. The molecule has 3 aliphatic carbocycles. The Morgan fingerprint density at radius 2 is 2.00 bits per heavy atom. The topological polar surface area (TPSA) is 57.2 Å². The van der Waals surface area contributed by atoms with Gasteiger partial charge in [0.15, 0.2) is 0 Å². The van der Waals surface area contributed by atoms with Gasteiger partial charge in [0, 0.05) is 5.94 Å². The summed E-state index contributed by atoms with van der Waals surface area (Å²) in [5, 5.41) is 0. The number of carbonyl (C=O) groups is 1. The van der Waals surface area contributed by atoms with Crippen LogP contribution in [-0.2, 0) is 20.5 Å². The van der Waals surface area contributed by atoms with Crippen LogP contribution in [0.2, 0.25) is 0 Å². The fraction of sp³-hybridized carbons (Fsp3) is 0.696. The minimum absolute atomic E-state index is 0.00506. The normalized spacial score (nSPS) is 32.4. The fourth-order valence-corrected chi connectivity index (χ4v) is 6.07. The molecule has 0 amide bonds.